The molecule has 0 radical (unpaired) electrons. The number of aliphatic hydroxyl groups excluding tert-OH is 1. The molecule has 2 aromatic heterocycles. The number of nitrogens with zero attached hydrogens (tertiary/aromatic N) is 2. The van der Waals surface area contributed by atoms with Gasteiger partial charge in [0, 0.05) is 11.8 Å². The van der Waals surface area contributed by atoms with Crippen LogP contribution < -0.4 is 9.47 Å². The fraction of sp³-hybridized carbons (Fsp3) is 0.278. The van der Waals surface area contributed by atoms with Gasteiger partial charge >= 0.3 is 0 Å². The summed E-state index contributed by atoms with van der Waals surface area (Å²) >= 11 is 6.13. The second-order valence-corrected chi connectivity index (χ2v) is 5.85. The van der Waals surface area contributed by atoms with Crippen molar-refractivity contribution in [3.8, 4) is 22.8 Å². The van der Waals surface area contributed by atoms with E-state index in [1.807, 2.05) is 35.6 Å². The predicted molar refractivity (Wildman–Crippen MR) is 94.0 cm³/mol. The number of ether oxygens (including phenoxy) is 2. The second-order valence-electron chi connectivity index (χ2n) is 5.41. The monoisotopic (exact) mass is 346 g/mol. The van der Waals surface area contributed by atoms with E-state index in [0.29, 0.717) is 40.0 Å². The van der Waals surface area contributed by atoms with Gasteiger partial charge in [0.25, 0.3) is 0 Å². The Balaban J connectivity index is 2.33. The number of benzene rings is 1. The van der Waals surface area contributed by atoms with E-state index in [1.54, 1.807) is 26.5 Å². The Morgan fingerprint density at radius 1 is 1.21 bits per heavy atom. The largest absolute Gasteiger partial charge is 0.497 e. The van der Waals surface area contributed by atoms with Crippen LogP contribution in [0.15, 0.2) is 36.5 Å². The summed E-state index contributed by atoms with van der Waals surface area (Å²) in [5.74, 6) is 1.35. The quantitative estimate of drug-likeness (QED) is 0.755. The molecule has 24 heavy (non-hydrogen) atoms. The Morgan fingerprint density at radius 3 is 2.67 bits per heavy atom. The Labute approximate surface area is 145 Å². The molecular weight excluding hydrogens is 328 g/mol. The summed E-state index contributed by atoms with van der Waals surface area (Å²) in [5.41, 5.74) is 2.81. The van der Waals surface area contributed by atoms with Gasteiger partial charge in [-0.25, -0.2) is 4.98 Å². The third-order valence-corrected chi connectivity index (χ3v) is 4.21. The normalized spacial score (nSPS) is 12.4. The van der Waals surface area contributed by atoms with Crippen LogP contribution in [0.1, 0.15) is 25.1 Å². The number of fused-ring (bicyclic) bond motifs is 1. The van der Waals surface area contributed by atoms with Crippen LogP contribution in [0.4, 0.5) is 0 Å². The fourth-order valence-electron chi connectivity index (χ4n) is 2.75. The lowest BCUT2D eigenvalue weighted by Crippen LogP contribution is -2.03. The van der Waals surface area contributed by atoms with E-state index in [9.17, 15) is 5.11 Å². The van der Waals surface area contributed by atoms with Gasteiger partial charge in [0.15, 0.2) is 0 Å². The van der Waals surface area contributed by atoms with Gasteiger partial charge in [-0.15, -0.1) is 0 Å². The summed E-state index contributed by atoms with van der Waals surface area (Å²) in [7, 11) is 3.21. The minimum atomic E-state index is -0.677. The molecule has 5 nitrogen and oxygen atoms in total. The van der Waals surface area contributed by atoms with E-state index in [2.05, 4.69) is 4.98 Å². The summed E-state index contributed by atoms with van der Waals surface area (Å²) in [6.45, 7) is 1.92. The van der Waals surface area contributed by atoms with Crippen molar-refractivity contribution in [1.29, 1.82) is 0 Å². The van der Waals surface area contributed by atoms with Gasteiger partial charge in [-0.2, -0.15) is 0 Å². The first-order valence-corrected chi connectivity index (χ1v) is 8.04. The highest BCUT2D eigenvalue weighted by atomic mass is 35.5. The molecule has 0 fully saturated rings. The third-order valence-electron chi connectivity index (χ3n) is 3.98. The summed E-state index contributed by atoms with van der Waals surface area (Å²) in [6.07, 6.45) is 1.64. The molecule has 1 unspecified atom stereocenters. The maximum Gasteiger partial charge on any atom is 0.137 e. The molecule has 0 bridgehead atoms. The summed E-state index contributed by atoms with van der Waals surface area (Å²) in [6, 6.07) is 9.11. The lowest BCUT2D eigenvalue weighted by atomic mass is 10.0. The fourth-order valence-corrected chi connectivity index (χ4v) is 2.91. The van der Waals surface area contributed by atoms with Gasteiger partial charge in [0.1, 0.15) is 17.1 Å². The lowest BCUT2D eigenvalue weighted by Gasteiger charge is -2.13. The number of hydrogen-bond acceptors (Lipinski definition) is 4. The molecule has 6 heteroatoms. The summed E-state index contributed by atoms with van der Waals surface area (Å²) in [5, 5.41) is 11.1. The maximum absolute atomic E-state index is 10.6. The van der Waals surface area contributed by atoms with Crippen molar-refractivity contribution >= 4 is 17.2 Å². The molecule has 0 aliphatic heterocycles. The predicted octanol–water partition coefficient (Wildman–Crippen LogP) is 4.12. The molecule has 2 heterocycles. The maximum atomic E-state index is 10.6. The number of methoxy groups -OCH3 is 2. The average molecular weight is 347 g/mol. The van der Waals surface area contributed by atoms with Gasteiger partial charge in [0.05, 0.1) is 36.7 Å². The highest BCUT2D eigenvalue weighted by Crippen LogP contribution is 2.38. The summed E-state index contributed by atoms with van der Waals surface area (Å²) < 4.78 is 12.6. The first-order chi connectivity index (χ1) is 11.6. The highest BCUT2D eigenvalue weighted by Gasteiger charge is 2.22. The van der Waals surface area contributed by atoms with Gasteiger partial charge < -0.3 is 14.6 Å². The van der Waals surface area contributed by atoms with Gasteiger partial charge in [-0.3, -0.25) is 4.40 Å². The standard InChI is InChI=1S/C18H19ClN2O3/c1-4-14(22)18-17(20-16-8-5-11(19)10-21(16)18)13-9-12(23-2)6-7-15(13)24-3/h5-10,14,22H,4H2,1-3H3. The van der Waals surface area contributed by atoms with E-state index in [-0.39, 0.29) is 0 Å². The minimum absolute atomic E-state index is 0.555. The van der Waals surface area contributed by atoms with E-state index >= 15 is 0 Å². The first kappa shape index (κ1) is 16.6. The number of rotatable bonds is 5. The zero-order valence-corrected chi connectivity index (χ0v) is 14.5. The van der Waals surface area contributed by atoms with E-state index in [0.717, 1.165) is 5.56 Å². The molecule has 0 saturated carbocycles. The number of hydrogen-bond donors (Lipinski definition) is 1. The van der Waals surface area contributed by atoms with Crippen LogP contribution in [0.2, 0.25) is 5.02 Å². The molecule has 1 aromatic carbocycles. The highest BCUT2D eigenvalue weighted by molar-refractivity contribution is 6.30. The van der Waals surface area contributed by atoms with E-state index in [1.165, 1.54) is 0 Å². The number of pyridine rings is 1. The zero-order chi connectivity index (χ0) is 17.3. The molecule has 0 aliphatic carbocycles. The second kappa shape index (κ2) is 6.71. The molecule has 3 rings (SSSR count). The molecule has 0 amide bonds. The summed E-state index contributed by atoms with van der Waals surface area (Å²) in [4.78, 5) is 4.69. The molecule has 0 aliphatic rings. The number of imidazole rings is 1. The lowest BCUT2D eigenvalue weighted by molar-refractivity contribution is 0.168. The van der Waals surface area contributed by atoms with Gasteiger partial charge in [0.2, 0.25) is 0 Å². The molecule has 0 saturated heterocycles. The Hall–Kier alpha value is -2.24. The van der Waals surface area contributed by atoms with Crippen molar-refractivity contribution in [3.05, 3.63) is 47.2 Å². The molecule has 3 aromatic rings. The topological polar surface area (TPSA) is 56.0 Å². The average Bonchev–Trinajstić information content (AvgIpc) is 2.98. The van der Waals surface area contributed by atoms with E-state index < -0.39 is 6.10 Å². The number of aliphatic hydroxyl groups is 1. The minimum Gasteiger partial charge on any atom is -0.497 e. The molecule has 1 atom stereocenters. The molecule has 126 valence electrons. The number of halogens is 1. The van der Waals surface area contributed by atoms with Crippen molar-refractivity contribution in [2.75, 3.05) is 14.2 Å². The third kappa shape index (κ3) is 2.81. The van der Waals surface area contributed by atoms with Crippen molar-refractivity contribution in [2.45, 2.75) is 19.4 Å². The Bertz CT molecular complexity index is 876. The molecule has 1 N–H and O–H groups in total. The Kier molecular flexibility index (Phi) is 4.64. The number of aromatic nitrogens is 2. The SMILES string of the molecule is CCC(O)c1c(-c2cc(OC)ccc2OC)nc2ccc(Cl)cn12. The first-order valence-electron chi connectivity index (χ1n) is 7.67. The van der Waals surface area contributed by atoms with Crippen LogP contribution in [0.3, 0.4) is 0 Å². The van der Waals surface area contributed by atoms with Crippen LogP contribution in [0, 0.1) is 0 Å². The smallest absolute Gasteiger partial charge is 0.137 e. The van der Waals surface area contributed by atoms with Crippen molar-refractivity contribution in [1.82, 2.24) is 9.38 Å². The van der Waals surface area contributed by atoms with Crippen molar-refractivity contribution < 1.29 is 14.6 Å². The van der Waals surface area contributed by atoms with Gasteiger partial charge in [-0.1, -0.05) is 18.5 Å². The van der Waals surface area contributed by atoms with Crippen LogP contribution in [-0.4, -0.2) is 28.7 Å². The Morgan fingerprint density at radius 2 is 2.00 bits per heavy atom. The zero-order valence-electron chi connectivity index (χ0n) is 13.8. The van der Waals surface area contributed by atoms with Gasteiger partial charge in [-0.05, 0) is 36.8 Å². The van der Waals surface area contributed by atoms with Crippen LogP contribution in [-0.2, 0) is 0 Å². The van der Waals surface area contributed by atoms with Crippen LogP contribution in [0.25, 0.3) is 16.9 Å². The van der Waals surface area contributed by atoms with Crippen LogP contribution >= 0.6 is 11.6 Å². The van der Waals surface area contributed by atoms with E-state index in [4.69, 9.17) is 21.1 Å². The van der Waals surface area contributed by atoms with Crippen molar-refractivity contribution in [2.24, 2.45) is 0 Å². The van der Waals surface area contributed by atoms with Crippen molar-refractivity contribution in [3.63, 3.8) is 0 Å². The molecule has 0 spiro atoms. The molecular formula is C18H19ClN2O3. The van der Waals surface area contributed by atoms with Crippen LogP contribution in [0.5, 0.6) is 11.5 Å².